The third-order valence-corrected chi connectivity index (χ3v) is 4.71. The molecule has 0 radical (unpaired) electrons. The molecule has 25 heavy (non-hydrogen) atoms. The molecule has 2 aliphatic heterocycles. The minimum Gasteiger partial charge on any atom is -0.450 e. The van der Waals surface area contributed by atoms with Gasteiger partial charge in [-0.05, 0) is 51.6 Å². The van der Waals surface area contributed by atoms with Gasteiger partial charge < -0.3 is 25.6 Å². The van der Waals surface area contributed by atoms with Gasteiger partial charge in [-0.15, -0.1) is 24.0 Å². The number of aliphatic imine (C=N–C) groups is 1. The lowest BCUT2D eigenvalue weighted by Crippen LogP contribution is -2.48. The molecule has 146 valence electrons. The Labute approximate surface area is 168 Å². The number of nitrogens with two attached hydrogens (primary N) is 1. The Morgan fingerprint density at radius 2 is 1.92 bits per heavy atom. The Morgan fingerprint density at radius 1 is 1.28 bits per heavy atom. The highest BCUT2D eigenvalue weighted by atomic mass is 127. The van der Waals surface area contributed by atoms with Crippen molar-refractivity contribution >= 4 is 36.0 Å². The average Bonchev–Trinajstić information content (AvgIpc) is 3.07. The first-order valence-electron chi connectivity index (χ1n) is 9.29. The smallest absolute Gasteiger partial charge is 0.409 e. The van der Waals surface area contributed by atoms with Crippen molar-refractivity contribution in [2.75, 3.05) is 45.9 Å². The number of halogens is 1. The van der Waals surface area contributed by atoms with Crippen LogP contribution in [0.2, 0.25) is 0 Å². The molecule has 0 aromatic carbocycles. The molecule has 7 nitrogen and oxygen atoms in total. The fourth-order valence-corrected chi connectivity index (χ4v) is 3.39. The minimum absolute atomic E-state index is 0. The summed E-state index contributed by atoms with van der Waals surface area (Å²) >= 11 is 0. The lowest BCUT2D eigenvalue weighted by molar-refractivity contribution is 0.0963. The molecule has 0 aliphatic carbocycles. The maximum absolute atomic E-state index is 11.7. The van der Waals surface area contributed by atoms with Crippen LogP contribution in [0.1, 0.15) is 39.5 Å². The molecule has 0 spiro atoms. The molecular formula is C17H34IN5O2. The van der Waals surface area contributed by atoms with E-state index in [2.05, 4.69) is 22.1 Å². The number of hydrogen-bond donors (Lipinski definition) is 2. The predicted octanol–water partition coefficient (Wildman–Crippen LogP) is 1.86. The summed E-state index contributed by atoms with van der Waals surface area (Å²) in [5.74, 6) is 1.05. The Bertz CT molecular complexity index is 421. The van der Waals surface area contributed by atoms with Crippen LogP contribution >= 0.6 is 24.0 Å². The van der Waals surface area contributed by atoms with Crippen LogP contribution in [0.15, 0.2) is 4.99 Å². The van der Waals surface area contributed by atoms with Gasteiger partial charge in [0.1, 0.15) is 0 Å². The van der Waals surface area contributed by atoms with Crippen molar-refractivity contribution in [3.8, 4) is 0 Å². The van der Waals surface area contributed by atoms with Crippen LogP contribution in [0.3, 0.4) is 0 Å². The van der Waals surface area contributed by atoms with Crippen molar-refractivity contribution in [2.45, 2.75) is 45.6 Å². The number of hydrogen-bond acceptors (Lipinski definition) is 4. The van der Waals surface area contributed by atoms with Crippen molar-refractivity contribution in [3.63, 3.8) is 0 Å². The first-order chi connectivity index (χ1) is 11.6. The van der Waals surface area contributed by atoms with Crippen LogP contribution in [0.5, 0.6) is 0 Å². The number of nitrogens with one attached hydrogen (secondary N) is 1. The van der Waals surface area contributed by atoms with Gasteiger partial charge in [0, 0.05) is 32.2 Å². The maximum Gasteiger partial charge on any atom is 0.409 e. The van der Waals surface area contributed by atoms with E-state index >= 15 is 0 Å². The molecule has 2 rings (SSSR count). The van der Waals surface area contributed by atoms with Crippen molar-refractivity contribution in [1.82, 2.24) is 15.1 Å². The lowest BCUT2D eigenvalue weighted by Gasteiger charge is -2.31. The molecule has 1 atom stereocenters. The van der Waals surface area contributed by atoms with Crippen LogP contribution in [0, 0.1) is 5.92 Å². The Morgan fingerprint density at radius 3 is 2.52 bits per heavy atom. The van der Waals surface area contributed by atoms with E-state index in [0.29, 0.717) is 31.6 Å². The van der Waals surface area contributed by atoms with Crippen molar-refractivity contribution in [2.24, 2.45) is 16.6 Å². The van der Waals surface area contributed by atoms with E-state index in [-0.39, 0.29) is 36.1 Å². The largest absolute Gasteiger partial charge is 0.450 e. The predicted molar refractivity (Wildman–Crippen MR) is 111 cm³/mol. The molecule has 2 fully saturated rings. The van der Waals surface area contributed by atoms with Crippen LogP contribution in [0.4, 0.5) is 4.79 Å². The molecule has 0 bridgehead atoms. The van der Waals surface area contributed by atoms with Gasteiger partial charge in [-0.3, -0.25) is 4.99 Å². The number of guanidine groups is 1. The second-order valence-corrected chi connectivity index (χ2v) is 6.94. The zero-order valence-corrected chi connectivity index (χ0v) is 17.9. The fraction of sp³-hybridized carbons (Fsp3) is 0.882. The van der Waals surface area contributed by atoms with Crippen molar-refractivity contribution in [1.29, 1.82) is 0 Å². The lowest BCUT2D eigenvalue weighted by atomic mass is 10.1. The number of piperidine rings is 1. The fourth-order valence-electron chi connectivity index (χ4n) is 3.39. The Hall–Kier alpha value is -0.770. The van der Waals surface area contributed by atoms with E-state index in [1.165, 1.54) is 25.9 Å². The minimum atomic E-state index is -0.215. The van der Waals surface area contributed by atoms with Gasteiger partial charge in [-0.25, -0.2) is 4.79 Å². The zero-order chi connectivity index (χ0) is 17.4. The van der Waals surface area contributed by atoms with Gasteiger partial charge in [0.25, 0.3) is 0 Å². The summed E-state index contributed by atoms with van der Waals surface area (Å²) in [6, 6.07) is 0.285. The summed E-state index contributed by atoms with van der Waals surface area (Å²) in [5, 5.41) is 3.29. The third kappa shape index (κ3) is 7.98. The molecule has 2 saturated heterocycles. The first-order valence-corrected chi connectivity index (χ1v) is 9.29. The van der Waals surface area contributed by atoms with E-state index < -0.39 is 0 Å². The maximum atomic E-state index is 11.7. The first kappa shape index (κ1) is 22.3. The number of amides is 1. The van der Waals surface area contributed by atoms with Crippen molar-refractivity contribution in [3.05, 3.63) is 0 Å². The van der Waals surface area contributed by atoms with E-state index in [1.807, 2.05) is 6.92 Å². The number of carbonyl (C=O) groups excluding carboxylic acids is 1. The van der Waals surface area contributed by atoms with Crippen LogP contribution in [-0.2, 0) is 4.74 Å². The summed E-state index contributed by atoms with van der Waals surface area (Å²) in [7, 11) is 0. The normalized spacial score (nSPS) is 20.9. The van der Waals surface area contributed by atoms with Crippen LogP contribution < -0.4 is 11.1 Å². The van der Waals surface area contributed by atoms with Crippen molar-refractivity contribution < 1.29 is 9.53 Å². The molecule has 2 heterocycles. The SMILES string of the molecule is CCOC(=O)N1CCC(NC(N)=NCC(C)CN2CCCC2)CC1.I. The van der Waals surface area contributed by atoms with Gasteiger partial charge in [-0.2, -0.15) is 0 Å². The second-order valence-electron chi connectivity index (χ2n) is 6.94. The van der Waals surface area contributed by atoms with Gasteiger partial charge in [0.2, 0.25) is 0 Å². The molecule has 8 heteroatoms. The highest BCUT2D eigenvalue weighted by molar-refractivity contribution is 14.0. The van der Waals surface area contributed by atoms with Gasteiger partial charge in [0.05, 0.1) is 6.61 Å². The zero-order valence-electron chi connectivity index (χ0n) is 15.6. The third-order valence-electron chi connectivity index (χ3n) is 4.71. The standard InChI is InChI=1S/C17H33N5O2.HI/c1-3-24-17(23)22-10-6-15(7-11-22)20-16(18)19-12-14(2)13-21-8-4-5-9-21;/h14-15H,3-13H2,1-2H3,(H3,18,19,20);1H. The Kier molecular flexibility index (Phi) is 10.5. The summed E-state index contributed by atoms with van der Waals surface area (Å²) in [4.78, 5) is 20.4. The number of rotatable bonds is 6. The second kappa shape index (κ2) is 11.8. The van der Waals surface area contributed by atoms with Crippen LogP contribution in [0.25, 0.3) is 0 Å². The van der Waals surface area contributed by atoms with E-state index in [0.717, 1.165) is 25.9 Å². The molecule has 1 amide bonds. The molecule has 0 saturated carbocycles. The summed E-state index contributed by atoms with van der Waals surface area (Å²) in [6.45, 7) is 10.2. The molecule has 0 aromatic heterocycles. The molecule has 3 N–H and O–H groups in total. The quantitative estimate of drug-likeness (QED) is 0.354. The van der Waals surface area contributed by atoms with Gasteiger partial charge in [0.15, 0.2) is 5.96 Å². The number of nitrogens with zero attached hydrogens (tertiary/aromatic N) is 3. The summed E-state index contributed by atoms with van der Waals surface area (Å²) in [6.07, 6.45) is 4.18. The number of carbonyl (C=O) groups is 1. The van der Waals surface area contributed by atoms with E-state index in [1.54, 1.807) is 4.90 Å². The van der Waals surface area contributed by atoms with Gasteiger partial charge in [-0.1, -0.05) is 6.92 Å². The van der Waals surface area contributed by atoms with Gasteiger partial charge >= 0.3 is 6.09 Å². The molecule has 0 aromatic rings. The highest BCUT2D eigenvalue weighted by Gasteiger charge is 2.23. The van der Waals surface area contributed by atoms with E-state index in [4.69, 9.17) is 10.5 Å². The van der Waals surface area contributed by atoms with Crippen LogP contribution in [-0.4, -0.2) is 73.8 Å². The monoisotopic (exact) mass is 467 g/mol. The summed E-state index contributed by atoms with van der Waals surface area (Å²) in [5.41, 5.74) is 6.02. The molecule has 1 unspecified atom stereocenters. The molecular weight excluding hydrogens is 433 g/mol. The number of ether oxygens (including phenoxy) is 1. The topological polar surface area (TPSA) is 83.2 Å². The molecule has 2 aliphatic rings. The highest BCUT2D eigenvalue weighted by Crippen LogP contribution is 2.12. The van der Waals surface area contributed by atoms with E-state index in [9.17, 15) is 4.79 Å². The Balaban J connectivity index is 0.00000312. The average molecular weight is 467 g/mol. The summed E-state index contributed by atoms with van der Waals surface area (Å²) < 4.78 is 5.03. The number of likely N-dealkylation sites (tertiary alicyclic amines) is 2.